The van der Waals surface area contributed by atoms with Gasteiger partial charge in [-0.05, 0) is 36.9 Å². The average Bonchev–Trinajstić information content (AvgIpc) is 3.14. The molecule has 27 heavy (non-hydrogen) atoms. The Balaban J connectivity index is 1.82. The van der Waals surface area contributed by atoms with Gasteiger partial charge in [-0.2, -0.15) is 0 Å². The molecule has 0 aliphatic rings. The molecule has 2 amide bonds. The van der Waals surface area contributed by atoms with Crippen molar-refractivity contribution in [1.29, 1.82) is 0 Å². The Morgan fingerprint density at radius 1 is 1.19 bits per heavy atom. The van der Waals surface area contributed by atoms with E-state index in [4.69, 9.17) is 0 Å². The van der Waals surface area contributed by atoms with E-state index in [1.54, 1.807) is 25.3 Å². The van der Waals surface area contributed by atoms with Gasteiger partial charge in [0.05, 0.1) is 12.7 Å². The van der Waals surface area contributed by atoms with Gasteiger partial charge >= 0.3 is 0 Å². The number of anilines is 1. The van der Waals surface area contributed by atoms with Gasteiger partial charge < -0.3 is 15.5 Å². The smallest absolute Gasteiger partial charge is 0.279 e. The Hall–Kier alpha value is -2.39. The van der Waals surface area contributed by atoms with E-state index in [-0.39, 0.29) is 12.5 Å². The molecule has 0 radical (unpaired) electrons. The minimum Gasteiger partial charge on any atom is -0.351 e. The van der Waals surface area contributed by atoms with Crippen molar-refractivity contribution in [2.24, 2.45) is 0 Å². The van der Waals surface area contributed by atoms with Gasteiger partial charge in [-0.3, -0.25) is 9.59 Å². The minimum absolute atomic E-state index is 0.141. The molecule has 2 atom stereocenters. The van der Waals surface area contributed by atoms with Crippen LogP contribution in [-0.2, 0) is 16.0 Å². The summed E-state index contributed by atoms with van der Waals surface area (Å²) in [5, 5.41) is 6.97. The number of benzene rings is 1. The third kappa shape index (κ3) is 5.80. The topological polar surface area (TPSA) is 62.6 Å². The lowest BCUT2D eigenvalue weighted by molar-refractivity contribution is -0.885. The average molecular weight is 400 g/mol. The summed E-state index contributed by atoms with van der Waals surface area (Å²) in [6.45, 7) is 2.02. The lowest BCUT2D eigenvalue weighted by atomic mass is 10.2. The number of carbonyl (C=O) groups excluding carboxylic acids is 2. The summed E-state index contributed by atoms with van der Waals surface area (Å²) >= 11 is 1.61. The molecule has 2 aromatic rings. The first-order valence-corrected chi connectivity index (χ1v) is 9.23. The molecule has 1 aromatic heterocycles. The zero-order valence-electron chi connectivity index (χ0n) is 14.9. The van der Waals surface area contributed by atoms with Crippen molar-refractivity contribution in [2.75, 3.05) is 25.5 Å². The molecule has 1 heterocycles. The third-order valence-corrected chi connectivity index (χ3v) is 5.07. The highest BCUT2D eigenvalue weighted by Gasteiger charge is 2.24. The van der Waals surface area contributed by atoms with Crippen LogP contribution < -0.4 is 15.5 Å². The number of nitrogens with one attached hydrogen (secondary N) is 3. The predicted octanol–water partition coefficient (Wildman–Crippen LogP) is 1.37. The summed E-state index contributed by atoms with van der Waals surface area (Å²) in [5.74, 6) is -5.26. The maximum Gasteiger partial charge on any atom is 0.279 e. The molecule has 0 saturated carbocycles. The highest BCUT2D eigenvalue weighted by atomic mass is 32.1. The van der Waals surface area contributed by atoms with Crippen LogP contribution in [0, 0.1) is 17.5 Å². The van der Waals surface area contributed by atoms with Crippen molar-refractivity contribution in [3.05, 3.63) is 52.0 Å². The van der Waals surface area contributed by atoms with Crippen molar-refractivity contribution in [3.63, 3.8) is 0 Å². The first kappa shape index (κ1) is 20.9. The van der Waals surface area contributed by atoms with Crippen molar-refractivity contribution >= 4 is 28.8 Å². The van der Waals surface area contributed by atoms with E-state index in [0.29, 0.717) is 11.4 Å². The fraction of sp³-hybridized carbons (Fsp3) is 0.333. The predicted molar refractivity (Wildman–Crippen MR) is 97.2 cm³/mol. The van der Waals surface area contributed by atoms with Gasteiger partial charge in [0.1, 0.15) is 0 Å². The summed E-state index contributed by atoms with van der Waals surface area (Å²) in [4.78, 5) is 25.9. The van der Waals surface area contributed by atoms with Crippen molar-refractivity contribution < 1.29 is 27.7 Å². The number of hydrogen-bond donors (Lipinski definition) is 3. The third-order valence-electron chi connectivity index (χ3n) is 4.13. The van der Waals surface area contributed by atoms with Crippen molar-refractivity contribution in [2.45, 2.75) is 19.4 Å². The van der Waals surface area contributed by atoms with Crippen LogP contribution in [-0.4, -0.2) is 38.0 Å². The van der Waals surface area contributed by atoms with Crippen LogP contribution in [0.3, 0.4) is 0 Å². The zero-order chi connectivity index (χ0) is 20.0. The molecule has 0 aliphatic heterocycles. The Kier molecular flexibility index (Phi) is 7.37. The molecular formula is C18H21F3N3O2S+. The van der Waals surface area contributed by atoms with E-state index in [0.717, 1.165) is 23.4 Å². The lowest BCUT2D eigenvalue weighted by Crippen LogP contribution is -3.15. The number of likely N-dealkylation sites (N-methyl/N-ethyl adjacent to an activating group) is 1. The Morgan fingerprint density at radius 3 is 2.59 bits per heavy atom. The number of quaternary nitrogens is 1. The number of halogens is 3. The number of hydrogen-bond acceptors (Lipinski definition) is 3. The monoisotopic (exact) mass is 400 g/mol. The highest BCUT2D eigenvalue weighted by molar-refractivity contribution is 7.09. The highest BCUT2D eigenvalue weighted by Crippen LogP contribution is 2.19. The molecule has 0 fully saturated rings. The van der Waals surface area contributed by atoms with Gasteiger partial charge in [-0.25, -0.2) is 13.2 Å². The van der Waals surface area contributed by atoms with Crippen LogP contribution in [0.25, 0.3) is 0 Å². The normalized spacial score (nSPS) is 13.1. The van der Waals surface area contributed by atoms with Gasteiger partial charge in [0, 0.05) is 11.4 Å². The standard InChI is InChI=1S/C18H20F3N3O2S/c1-11(18(26)22-8-7-12-4-3-9-27-12)24(2)10-15(25)23-14-6-5-13(19)16(20)17(14)21/h3-6,9,11H,7-8,10H2,1-2H3,(H,22,26)(H,23,25)/p+1/t11-/m0/s1. The molecular weight excluding hydrogens is 379 g/mol. The van der Waals surface area contributed by atoms with Gasteiger partial charge in [-0.15, -0.1) is 11.3 Å². The Labute approximate surface area is 159 Å². The van der Waals surface area contributed by atoms with Crippen molar-refractivity contribution in [3.8, 4) is 0 Å². The number of carbonyl (C=O) groups is 2. The number of amides is 2. The largest absolute Gasteiger partial charge is 0.351 e. The molecule has 3 N–H and O–H groups in total. The van der Waals surface area contributed by atoms with Crippen LogP contribution >= 0.6 is 11.3 Å². The second-order valence-corrected chi connectivity index (χ2v) is 7.17. The molecule has 2 rings (SSSR count). The summed E-state index contributed by atoms with van der Waals surface area (Å²) in [7, 11) is 1.64. The second kappa shape index (κ2) is 9.52. The first-order chi connectivity index (χ1) is 12.8. The fourth-order valence-electron chi connectivity index (χ4n) is 2.36. The van der Waals surface area contributed by atoms with E-state index >= 15 is 0 Å². The Morgan fingerprint density at radius 2 is 1.93 bits per heavy atom. The number of thiophene rings is 1. The first-order valence-electron chi connectivity index (χ1n) is 8.35. The summed E-state index contributed by atoms with van der Waals surface area (Å²) in [6.07, 6.45) is 0.727. The maximum atomic E-state index is 13.6. The molecule has 1 aromatic carbocycles. The maximum absolute atomic E-state index is 13.6. The molecule has 1 unspecified atom stereocenters. The van der Waals surface area contributed by atoms with Gasteiger partial charge in [0.2, 0.25) is 0 Å². The van der Waals surface area contributed by atoms with Crippen LogP contribution in [0.15, 0.2) is 29.6 Å². The van der Waals surface area contributed by atoms with E-state index in [9.17, 15) is 22.8 Å². The van der Waals surface area contributed by atoms with Crippen molar-refractivity contribution in [1.82, 2.24) is 5.32 Å². The van der Waals surface area contributed by atoms with Gasteiger partial charge in [0.15, 0.2) is 30.0 Å². The van der Waals surface area contributed by atoms with Crippen LogP contribution in [0.5, 0.6) is 0 Å². The van der Waals surface area contributed by atoms with E-state index in [2.05, 4.69) is 10.6 Å². The number of rotatable bonds is 8. The molecule has 146 valence electrons. The molecule has 0 spiro atoms. The lowest BCUT2D eigenvalue weighted by Gasteiger charge is -2.20. The van der Waals surface area contributed by atoms with Crippen LogP contribution in [0.1, 0.15) is 11.8 Å². The summed E-state index contributed by atoms with van der Waals surface area (Å²) < 4.78 is 39.7. The van der Waals surface area contributed by atoms with Gasteiger partial charge in [0.25, 0.3) is 11.8 Å². The SMILES string of the molecule is C[C@@H](C(=O)NCCc1cccs1)[NH+](C)CC(=O)Nc1ccc(F)c(F)c1F. The van der Waals surface area contributed by atoms with Gasteiger partial charge in [-0.1, -0.05) is 6.07 Å². The van der Waals surface area contributed by atoms with Crippen LogP contribution in [0.2, 0.25) is 0 Å². The quantitative estimate of drug-likeness (QED) is 0.586. The molecule has 0 saturated heterocycles. The van der Waals surface area contributed by atoms with E-state index in [1.165, 1.54) is 0 Å². The van der Waals surface area contributed by atoms with E-state index in [1.807, 2.05) is 17.5 Å². The summed E-state index contributed by atoms with van der Waals surface area (Å²) in [6, 6.07) is 5.08. The molecule has 0 bridgehead atoms. The minimum atomic E-state index is -1.65. The zero-order valence-corrected chi connectivity index (χ0v) is 15.8. The summed E-state index contributed by atoms with van der Waals surface area (Å²) in [5.41, 5.74) is -0.445. The molecule has 0 aliphatic carbocycles. The molecule has 9 heteroatoms. The second-order valence-electron chi connectivity index (χ2n) is 6.14. The molecule has 5 nitrogen and oxygen atoms in total. The van der Waals surface area contributed by atoms with E-state index < -0.39 is 35.1 Å². The Bertz CT molecular complexity index is 799. The fourth-order valence-corrected chi connectivity index (χ4v) is 3.07. The van der Waals surface area contributed by atoms with Crippen LogP contribution in [0.4, 0.5) is 18.9 Å².